The molecular formula is C21H31N3O4. The third-order valence-corrected chi connectivity index (χ3v) is 7.38. The molecule has 2 N–H and O–H groups in total. The van der Waals surface area contributed by atoms with Gasteiger partial charge in [0.25, 0.3) is 0 Å². The molecule has 1 heterocycles. The first-order valence-electron chi connectivity index (χ1n) is 10.5. The summed E-state index contributed by atoms with van der Waals surface area (Å²) >= 11 is 0. The molecule has 1 saturated heterocycles. The SMILES string of the molecule is CC(C)(C)OC(=O)NC1CCN(C(=O)O)[C@@H]1C1C2CC3CC1CC(C#N)(C3)C2. The Morgan fingerprint density at radius 1 is 1.21 bits per heavy atom. The Morgan fingerprint density at radius 2 is 1.86 bits per heavy atom. The van der Waals surface area contributed by atoms with E-state index in [0.717, 1.165) is 32.1 Å². The highest BCUT2D eigenvalue weighted by molar-refractivity contribution is 5.70. The van der Waals surface area contributed by atoms with E-state index in [9.17, 15) is 20.0 Å². The van der Waals surface area contributed by atoms with Crippen LogP contribution < -0.4 is 5.32 Å². The van der Waals surface area contributed by atoms with Gasteiger partial charge in [-0.2, -0.15) is 5.26 Å². The highest BCUT2D eigenvalue weighted by Gasteiger charge is 2.60. The van der Waals surface area contributed by atoms with E-state index in [0.29, 0.717) is 30.7 Å². The van der Waals surface area contributed by atoms with Crippen LogP contribution in [0.5, 0.6) is 0 Å². The number of ether oxygens (including phenoxy) is 1. The number of nitrogens with one attached hydrogen (secondary N) is 1. The first kappa shape index (κ1) is 19.4. The summed E-state index contributed by atoms with van der Waals surface area (Å²) < 4.78 is 5.42. The number of amides is 2. The van der Waals surface area contributed by atoms with Gasteiger partial charge in [0.15, 0.2) is 0 Å². The van der Waals surface area contributed by atoms with Crippen LogP contribution in [0.4, 0.5) is 9.59 Å². The number of nitriles is 1. The molecule has 2 amide bonds. The van der Waals surface area contributed by atoms with Crippen LogP contribution in [-0.4, -0.2) is 46.4 Å². The van der Waals surface area contributed by atoms with Crippen molar-refractivity contribution in [1.29, 1.82) is 5.26 Å². The van der Waals surface area contributed by atoms with Gasteiger partial charge in [-0.25, -0.2) is 9.59 Å². The molecule has 4 atom stereocenters. The Morgan fingerprint density at radius 3 is 2.39 bits per heavy atom. The summed E-state index contributed by atoms with van der Waals surface area (Å²) in [6.07, 6.45) is 4.17. The molecule has 0 aromatic rings. The zero-order chi connectivity index (χ0) is 20.3. The highest BCUT2D eigenvalue weighted by atomic mass is 16.6. The molecule has 1 aliphatic heterocycles. The molecule has 5 fully saturated rings. The summed E-state index contributed by atoms with van der Waals surface area (Å²) in [5.41, 5.74) is -0.791. The predicted molar refractivity (Wildman–Crippen MR) is 101 cm³/mol. The largest absolute Gasteiger partial charge is 0.465 e. The van der Waals surface area contributed by atoms with Gasteiger partial charge in [-0.15, -0.1) is 0 Å². The smallest absolute Gasteiger partial charge is 0.407 e. The van der Waals surface area contributed by atoms with E-state index >= 15 is 0 Å². The van der Waals surface area contributed by atoms with E-state index in [1.54, 1.807) is 0 Å². The van der Waals surface area contributed by atoms with E-state index in [1.165, 1.54) is 4.90 Å². The van der Waals surface area contributed by atoms with Gasteiger partial charge in [0.1, 0.15) is 5.60 Å². The molecule has 4 aliphatic carbocycles. The Balaban J connectivity index is 1.57. The average Bonchev–Trinajstić information content (AvgIpc) is 2.95. The topological polar surface area (TPSA) is 103 Å². The second-order valence-electron chi connectivity index (χ2n) is 10.4. The van der Waals surface area contributed by atoms with Crippen LogP contribution in [0.3, 0.4) is 0 Å². The maximum Gasteiger partial charge on any atom is 0.407 e. The molecule has 28 heavy (non-hydrogen) atoms. The van der Waals surface area contributed by atoms with Gasteiger partial charge in [0.2, 0.25) is 0 Å². The first-order chi connectivity index (χ1) is 13.1. The van der Waals surface area contributed by atoms with Crippen molar-refractivity contribution in [2.45, 2.75) is 77.0 Å². The Labute approximate surface area is 166 Å². The molecule has 5 rings (SSSR count). The van der Waals surface area contributed by atoms with Gasteiger partial charge in [0.05, 0.1) is 23.6 Å². The molecule has 0 aromatic carbocycles. The standard InChI is InChI=1S/C21H31N3O4/c1-20(2,3)28-18(25)23-15-4-5-24(19(26)27)17(15)16-13-6-12-7-14(16)10-21(8-12,9-13)11-22/h12-17H,4-10H2,1-3H3,(H,23,25)(H,26,27)/t12?,13?,14?,15?,16?,17-,21?/m0/s1. The number of hydrogen-bond acceptors (Lipinski definition) is 4. The van der Waals surface area contributed by atoms with Crippen LogP contribution >= 0.6 is 0 Å². The monoisotopic (exact) mass is 389 g/mol. The molecule has 5 aliphatic rings. The number of rotatable bonds is 2. The van der Waals surface area contributed by atoms with Crippen molar-refractivity contribution in [1.82, 2.24) is 10.2 Å². The molecule has 0 aromatic heterocycles. The van der Waals surface area contributed by atoms with Crippen LogP contribution in [0.25, 0.3) is 0 Å². The number of nitrogens with zero attached hydrogens (tertiary/aromatic N) is 2. The Kier molecular flexibility index (Phi) is 4.52. The number of carbonyl (C=O) groups excluding carboxylic acids is 1. The van der Waals surface area contributed by atoms with Gasteiger partial charge in [-0.3, -0.25) is 0 Å². The Bertz CT molecular complexity index is 693. The maximum absolute atomic E-state index is 12.4. The zero-order valence-corrected chi connectivity index (χ0v) is 17.0. The van der Waals surface area contributed by atoms with Crippen molar-refractivity contribution in [2.75, 3.05) is 6.54 Å². The molecule has 4 saturated carbocycles. The number of alkyl carbamates (subject to hydrolysis) is 1. The molecule has 7 nitrogen and oxygen atoms in total. The van der Waals surface area contributed by atoms with Crippen molar-refractivity contribution in [3.63, 3.8) is 0 Å². The van der Waals surface area contributed by atoms with Crippen LogP contribution in [-0.2, 0) is 4.74 Å². The van der Waals surface area contributed by atoms with Crippen LogP contribution in [0, 0.1) is 40.4 Å². The Hall–Kier alpha value is -1.97. The lowest BCUT2D eigenvalue weighted by Crippen LogP contribution is -2.60. The molecule has 0 spiro atoms. The minimum atomic E-state index is -0.915. The molecule has 3 unspecified atom stereocenters. The number of carbonyl (C=O) groups is 2. The normalized spacial score (nSPS) is 41.6. The van der Waals surface area contributed by atoms with E-state index in [4.69, 9.17) is 4.74 Å². The molecule has 154 valence electrons. The van der Waals surface area contributed by atoms with Gasteiger partial charge in [0, 0.05) is 6.54 Å². The zero-order valence-electron chi connectivity index (χ0n) is 17.0. The first-order valence-corrected chi connectivity index (χ1v) is 10.5. The lowest BCUT2D eigenvalue weighted by Gasteiger charge is -2.60. The number of carboxylic acid groups (broad SMARTS) is 1. The fourth-order valence-corrected chi connectivity index (χ4v) is 6.89. The number of likely N-dealkylation sites (tertiary alicyclic amines) is 1. The lowest BCUT2D eigenvalue weighted by atomic mass is 9.45. The summed E-state index contributed by atoms with van der Waals surface area (Å²) in [6.45, 7) is 5.90. The van der Waals surface area contributed by atoms with E-state index in [2.05, 4.69) is 11.4 Å². The predicted octanol–water partition coefficient (Wildman–Crippen LogP) is 3.60. The van der Waals surface area contributed by atoms with Gasteiger partial charge < -0.3 is 20.1 Å². The second-order valence-corrected chi connectivity index (χ2v) is 10.4. The second kappa shape index (κ2) is 6.53. The summed E-state index contributed by atoms with van der Waals surface area (Å²) in [4.78, 5) is 25.9. The molecular weight excluding hydrogens is 358 g/mol. The average molecular weight is 389 g/mol. The summed E-state index contributed by atoms with van der Waals surface area (Å²) in [5.74, 6) is 1.57. The van der Waals surface area contributed by atoms with Gasteiger partial charge >= 0.3 is 12.2 Å². The van der Waals surface area contributed by atoms with E-state index in [1.807, 2.05) is 20.8 Å². The lowest BCUT2D eigenvalue weighted by molar-refractivity contribution is -0.0932. The minimum absolute atomic E-state index is 0.201. The third kappa shape index (κ3) is 3.31. The van der Waals surface area contributed by atoms with Crippen molar-refractivity contribution < 1.29 is 19.4 Å². The van der Waals surface area contributed by atoms with E-state index < -0.39 is 17.8 Å². The summed E-state index contributed by atoms with van der Waals surface area (Å²) in [7, 11) is 0. The third-order valence-electron chi connectivity index (χ3n) is 7.38. The quantitative estimate of drug-likeness (QED) is 0.751. The van der Waals surface area contributed by atoms with Gasteiger partial charge in [-0.1, -0.05) is 0 Å². The fraction of sp³-hybridized carbons (Fsp3) is 0.857. The van der Waals surface area contributed by atoms with Crippen molar-refractivity contribution in [2.24, 2.45) is 29.1 Å². The molecule has 0 radical (unpaired) electrons. The van der Waals surface area contributed by atoms with Gasteiger partial charge in [-0.05, 0) is 83.0 Å². The van der Waals surface area contributed by atoms with Crippen LogP contribution in [0.15, 0.2) is 0 Å². The molecule has 4 bridgehead atoms. The van der Waals surface area contributed by atoms with E-state index in [-0.39, 0.29) is 23.4 Å². The number of hydrogen-bond donors (Lipinski definition) is 2. The van der Waals surface area contributed by atoms with Crippen molar-refractivity contribution in [3.05, 3.63) is 0 Å². The summed E-state index contributed by atoms with van der Waals surface area (Å²) in [6, 6.07) is 2.15. The molecule has 7 heteroatoms. The fourth-order valence-electron chi connectivity index (χ4n) is 6.89. The minimum Gasteiger partial charge on any atom is -0.465 e. The summed E-state index contributed by atoms with van der Waals surface area (Å²) in [5, 5.41) is 22.5. The van der Waals surface area contributed by atoms with Crippen molar-refractivity contribution in [3.8, 4) is 6.07 Å². The highest BCUT2D eigenvalue weighted by Crippen LogP contribution is 2.63. The van der Waals surface area contributed by atoms with Crippen LogP contribution in [0.2, 0.25) is 0 Å². The van der Waals surface area contributed by atoms with Crippen molar-refractivity contribution >= 4 is 12.2 Å². The van der Waals surface area contributed by atoms with Crippen LogP contribution in [0.1, 0.15) is 59.3 Å². The maximum atomic E-state index is 12.4.